The summed E-state index contributed by atoms with van der Waals surface area (Å²) in [5.41, 5.74) is 2.62. The van der Waals surface area contributed by atoms with E-state index in [0.29, 0.717) is 33.6 Å². The van der Waals surface area contributed by atoms with Crippen LogP contribution in [0, 0.1) is 0 Å². The number of benzene rings is 2. The number of ether oxygens (including phenoxy) is 2. The molecule has 2 aromatic carbocycles. The first-order chi connectivity index (χ1) is 15.6. The second kappa shape index (κ2) is 8.29. The first-order valence-corrected chi connectivity index (χ1v) is 11.6. The number of methoxy groups -OCH3 is 2. The molecule has 8 nitrogen and oxygen atoms in total. The van der Waals surface area contributed by atoms with E-state index < -0.39 is 0 Å². The lowest BCUT2D eigenvalue weighted by Crippen LogP contribution is -2.20. The number of thiazole rings is 1. The Morgan fingerprint density at radius 3 is 2.69 bits per heavy atom. The van der Waals surface area contributed by atoms with Gasteiger partial charge in [0.05, 0.1) is 30.8 Å². The zero-order chi connectivity index (χ0) is 22.2. The molecule has 0 spiro atoms. The van der Waals surface area contributed by atoms with Crippen LogP contribution in [0.3, 0.4) is 0 Å². The smallest absolute Gasteiger partial charge is 0.262 e. The number of rotatable bonds is 6. The topological polar surface area (TPSA) is 83.5 Å². The summed E-state index contributed by atoms with van der Waals surface area (Å²) in [5.74, 6) is 2.50. The number of para-hydroxylation sites is 1. The molecule has 0 radical (unpaired) electrons. The van der Waals surface area contributed by atoms with Crippen LogP contribution in [0.15, 0.2) is 57.8 Å². The maximum atomic E-state index is 12.6. The molecule has 0 saturated carbocycles. The molecular weight excluding hydrogens is 446 g/mol. The molecule has 5 rings (SSSR count). The van der Waals surface area contributed by atoms with Gasteiger partial charge in [-0.15, -0.1) is 21.5 Å². The third-order valence-electron chi connectivity index (χ3n) is 5.13. The van der Waals surface area contributed by atoms with Crippen molar-refractivity contribution in [3.63, 3.8) is 0 Å². The lowest BCUT2D eigenvalue weighted by atomic mass is 10.2. The molecule has 0 aliphatic heterocycles. The van der Waals surface area contributed by atoms with Gasteiger partial charge in [-0.3, -0.25) is 13.8 Å². The van der Waals surface area contributed by atoms with Crippen molar-refractivity contribution in [2.75, 3.05) is 14.2 Å². The van der Waals surface area contributed by atoms with Crippen molar-refractivity contribution in [3.8, 4) is 22.1 Å². The van der Waals surface area contributed by atoms with Crippen LogP contribution in [0.4, 0.5) is 0 Å². The molecule has 0 bridgehead atoms. The molecule has 0 unspecified atom stereocenters. The summed E-state index contributed by atoms with van der Waals surface area (Å²) in [6, 6.07) is 13.3. The van der Waals surface area contributed by atoms with Crippen LogP contribution in [0.5, 0.6) is 11.5 Å². The molecule has 3 heterocycles. The van der Waals surface area contributed by atoms with Crippen molar-refractivity contribution in [3.05, 3.63) is 63.9 Å². The molecule has 0 fully saturated rings. The van der Waals surface area contributed by atoms with Gasteiger partial charge in [0.2, 0.25) is 5.78 Å². The van der Waals surface area contributed by atoms with E-state index in [4.69, 9.17) is 14.5 Å². The minimum atomic E-state index is -0.0869. The van der Waals surface area contributed by atoms with Crippen molar-refractivity contribution < 1.29 is 9.47 Å². The highest BCUT2D eigenvalue weighted by Crippen LogP contribution is 2.34. The quantitative estimate of drug-likeness (QED) is 0.350. The third kappa shape index (κ3) is 3.41. The Kier molecular flexibility index (Phi) is 5.32. The lowest BCUT2D eigenvalue weighted by molar-refractivity contribution is 0.355. The predicted molar refractivity (Wildman–Crippen MR) is 126 cm³/mol. The van der Waals surface area contributed by atoms with E-state index >= 15 is 0 Å². The number of hydrogen-bond acceptors (Lipinski definition) is 8. The molecule has 0 N–H and O–H groups in total. The second-order valence-electron chi connectivity index (χ2n) is 7.00. The van der Waals surface area contributed by atoms with Crippen molar-refractivity contribution >= 4 is 39.8 Å². The van der Waals surface area contributed by atoms with Gasteiger partial charge in [0.1, 0.15) is 5.01 Å². The molecule has 10 heteroatoms. The molecule has 162 valence electrons. The molecule has 0 aliphatic rings. The van der Waals surface area contributed by atoms with Gasteiger partial charge >= 0.3 is 0 Å². The molecule has 3 aromatic heterocycles. The number of fused-ring (bicyclic) bond motifs is 3. The number of aromatic nitrogens is 5. The van der Waals surface area contributed by atoms with Crippen LogP contribution in [0.25, 0.3) is 27.3 Å². The molecule has 0 aliphatic carbocycles. The van der Waals surface area contributed by atoms with Crippen molar-refractivity contribution in [1.29, 1.82) is 0 Å². The molecule has 0 amide bonds. The van der Waals surface area contributed by atoms with Crippen molar-refractivity contribution in [1.82, 2.24) is 24.1 Å². The SMILES string of the molecule is COc1ccc(-c2nc(CSc3nnc4n(C)c(=O)c5ccccc5n34)cs2)cc1OC. The Bertz CT molecular complexity index is 1510. The molecule has 0 atom stereocenters. The van der Waals surface area contributed by atoms with E-state index in [2.05, 4.69) is 10.2 Å². The van der Waals surface area contributed by atoms with Gasteiger partial charge in [0.15, 0.2) is 16.7 Å². The van der Waals surface area contributed by atoms with Crippen LogP contribution >= 0.6 is 23.1 Å². The Morgan fingerprint density at radius 1 is 1.06 bits per heavy atom. The summed E-state index contributed by atoms with van der Waals surface area (Å²) in [7, 11) is 4.95. The highest BCUT2D eigenvalue weighted by atomic mass is 32.2. The summed E-state index contributed by atoms with van der Waals surface area (Å²) in [4.78, 5) is 17.4. The van der Waals surface area contributed by atoms with Crippen molar-refractivity contribution in [2.24, 2.45) is 7.05 Å². The minimum absolute atomic E-state index is 0.0869. The highest BCUT2D eigenvalue weighted by Gasteiger charge is 2.16. The van der Waals surface area contributed by atoms with Crippen LogP contribution in [-0.2, 0) is 12.8 Å². The molecule has 5 aromatic rings. The Balaban J connectivity index is 1.44. The van der Waals surface area contributed by atoms with E-state index in [0.717, 1.165) is 21.8 Å². The largest absolute Gasteiger partial charge is 0.493 e. The fourth-order valence-electron chi connectivity index (χ4n) is 3.52. The molecule has 0 saturated heterocycles. The molecular formula is C22H19N5O3S2. The number of thioether (sulfide) groups is 1. The van der Waals surface area contributed by atoms with E-state index in [1.807, 2.05) is 52.2 Å². The fraction of sp³-hybridized carbons (Fsp3) is 0.182. The average molecular weight is 466 g/mol. The Labute approximate surface area is 191 Å². The Hall–Kier alpha value is -3.37. The van der Waals surface area contributed by atoms with E-state index in [-0.39, 0.29) is 5.56 Å². The predicted octanol–water partition coefficient (Wildman–Crippen LogP) is 4.01. The van der Waals surface area contributed by atoms with Gasteiger partial charge in [0.25, 0.3) is 5.56 Å². The van der Waals surface area contributed by atoms with Gasteiger partial charge in [0, 0.05) is 23.7 Å². The standard InChI is InChI=1S/C22H19N5O3S2/c1-26-20(28)15-6-4-5-7-16(15)27-21(26)24-25-22(27)32-12-14-11-31-19(23-14)13-8-9-17(29-2)18(10-13)30-3/h4-11H,12H2,1-3H3. The minimum Gasteiger partial charge on any atom is -0.493 e. The normalized spacial score (nSPS) is 11.3. The van der Waals surface area contributed by atoms with Crippen LogP contribution < -0.4 is 15.0 Å². The van der Waals surface area contributed by atoms with E-state index in [9.17, 15) is 4.79 Å². The summed E-state index contributed by atoms with van der Waals surface area (Å²) < 4.78 is 14.2. The van der Waals surface area contributed by atoms with Gasteiger partial charge in [-0.05, 0) is 30.3 Å². The first-order valence-electron chi connectivity index (χ1n) is 9.73. The summed E-state index contributed by atoms with van der Waals surface area (Å²) >= 11 is 3.11. The summed E-state index contributed by atoms with van der Waals surface area (Å²) in [6.45, 7) is 0. The maximum Gasteiger partial charge on any atom is 0.262 e. The first kappa shape index (κ1) is 20.5. The average Bonchev–Trinajstić information content (AvgIpc) is 3.48. The van der Waals surface area contributed by atoms with Crippen molar-refractivity contribution in [2.45, 2.75) is 10.9 Å². The van der Waals surface area contributed by atoms with E-state index in [1.54, 1.807) is 32.6 Å². The fourth-order valence-corrected chi connectivity index (χ4v) is 5.27. The lowest BCUT2D eigenvalue weighted by Gasteiger charge is -2.08. The zero-order valence-electron chi connectivity index (χ0n) is 17.6. The van der Waals surface area contributed by atoms with Gasteiger partial charge < -0.3 is 9.47 Å². The number of nitrogens with zero attached hydrogens (tertiary/aromatic N) is 5. The maximum absolute atomic E-state index is 12.6. The van der Waals surface area contributed by atoms with E-state index in [1.165, 1.54) is 16.3 Å². The van der Waals surface area contributed by atoms with Crippen LogP contribution in [0.2, 0.25) is 0 Å². The van der Waals surface area contributed by atoms with Crippen LogP contribution in [-0.4, -0.2) is 38.4 Å². The van der Waals surface area contributed by atoms with Gasteiger partial charge in [-0.2, -0.15) is 0 Å². The number of hydrogen-bond donors (Lipinski definition) is 0. The molecule has 32 heavy (non-hydrogen) atoms. The summed E-state index contributed by atoms with van der Waals surface area (Å²) in [6.07, 6.45) is 0. The zero-order valence-corrected chi connectivity index (χ0v) is 19.2. The second-order valence-corrected chi connectivity index (χ2v) is 8.80. The number of aryl methyl sites for hydroxylation is 1. The highest BCUT2D eigenvalue weighted by molar-refractivity contribution is 7.98. The monoisotopic (exact) mass is 465 g/mol. The van der Waals surface area contributed by atoms with Gasteiger partial charge in [-0.1, -0.05) is 23.9 Å². The Morgan fingerprint density at radius 2 is 1.88 bits per heavy atom. The summed E-state index contributed by atoms with van der Waals surface area (Å²) in [5, 5.41) is 12.9. The third-order valence-corrected chi connectivity index (χ3v) is 7.03. The van der Waals surface area contributed by atoms with Gasteiger partial charge in [-0.25, -0.2) is 4.98 Å². The van der Waals surface area contributed by atoms with Crippen LogP contribution in [0.1, 0.15) is 5.69 Å².